The number of carbonyl (C=O) groups is 3. The number of aromatic nitrogens is 1. The van der Waals surface area contributed by atoms with Crippen molar-refractivity contribution in [2.75, 3.05) is 28.7 Å². The van der Waals surface area contributed by atoms with E-state index in [-0.39, 0.29) is 56.3 Å². The number of nitrogen functional groups attached to an aromatic ring is 1. The van der Waals surface area contributed by atoms with E-state index in [9.17, 15) is 36.0 Å². The molecule has 3 aromatic carbocycles. The molecule has 12 nitrogen and oxygen atoms in total. The number of hydrogen-bond acceptors (Lipinski definition) is 10. The Morgan fingerprint density at radius 2 is 1.69 bits per heavy atom. The minimum absolute atomic E-state index is 0.0121. The summed E-state index contributed by atoms with van der Waals surface area (Å²) in [7, 11) is -3.90. The maximum Gasteiger partial charge on any atom is 0.491 e. The second-order valence-corrected chi connectivity index (χ2v) is 13.1. The Morgan fingerprint density at radius 1 is 0.980 bits per heavy atom. The van der Waals surface area contributed by atoms with E-state index < -0.39 is 46.1 Å². The number of alkyl halides is 3. The topological polar surface area (TPSA) is 179 Å². The summed E-state index contributed by atoms with van der Waals surface area (Å²) in [5, 5.41) is 8.59. The monoisotopic (exact) mass is 721 g/mol. The van der Waals surface area contributed by atoms with Crippen LogP contribution < -0.4 is 26.4 Å². The maximum atomic E-state index is 14.3. The van der Waals surface area contributed by atoms with Gasteiger partial charge in [0, 0.05) is 42.0 Å². The molecule has 0 saturated heterocycles. The van der Waals surface area contributed by atoms with Crippen LogP contribution in [0.1, 0.15) is 31.9 Å². The summed E-state index contributed by atoms with van der Waals surface area (Å²) < 4.78 is 77.9. The van der Waals surface area contributed by atoms with Gasteiger partial charge in [0.05, 0.1) is 22.3 Å². The number of rotatable bonds is 12. The van der Waals surface area contributed by atoms with Gasteiger partial charge in [0.25, 0.3) is 11.6 Å². The number of nitrogens with two attached hydrogens (primary N) is 1. The number of carbonyl (C=O) groups excluding carboxylic acids is 3. The van der Waals surface area contributed by atoms with Crippen molar-refractivity contribution in [3.05, 3.63) is 83.0 Å². The highest BCUT2D eigenvalue weighted by Crippen LogP contribution is 2.37. The summed E-state index contributed by atoms with van der Waals surface area (Å²) in [5.74, 6) is -4.73. The van der Waals surface area contributed by atoms with E-state index in [0.29, 0.717) is 10.8 Å². The van der Waals surface area contributed by atoms with Crippen molar-refractivity contribution in [2.45, 2.75) is 44.1 Å². The van der Waals surface area contributed by atoms with Crippen molar-refractivity contribution >= 4 is 67.2 Å². The second kappa shape index (κ2) is 14.6. The highest BCUT2D eigenvalue weighted by Gasteiger charge is 2.52. The van der Waals surface area contributed by atoms with Gasteiger partial charge in [-0.1, -0.05) is 24.6 Å². The van der Waals surface area contributed by atoms with Gasteiger partial charge in [-0.3, -0.25) is 9.59 Å². The van der Waals surface area contributed by atoms with Crippen LogP contribution in [0.25, 0.3) is 10.8 Å². The molecule has 1 unspecified atom stereocenters. The summed E-state index contributed by atoms with van der Waals surface area (Å²) >= 11 is 6.25. The zero-order valence-electron chi connectivity index (χ0n) is 26.3. The summed E-state index contributed by atoms with van der Waals surface area (Å²) in [5.41, 5.74) is 2.83. The molecule has 4 aromatic rings. The molecule has 0 aliphatic carbocycles. The Balaban J connectivity index is 1.91. The molecule has 17 heteroatoms. The second-order valence-electron chi connectivity index (χ2n) is 10.5. The Hall–Kier alpha value is -5.09. The molecule has 260 valence electrons. The number of hydrogen-bond donors (Lipinski definition) is 4. The van der Waals surface area contributed by atoms with Crippen LogP contribution in [0.15, 0.2) is 71.8 Å². The molecule has 2 amide bonds. The molecule has 0 bridgehead atoms. The normalized spacial score (nSPS) is 12.9. The lowest BCUT2D eigenvalue weighted by Crippen LogP contribution is -2.54. The van der Waals surface area contributed by atoms with E-state index in [1.54, 1.807) is 13.0 Å². The van der Waals surface area contributed by atoms with Crippen LogP contribution in [-0.4, -0.2) is 49.7 Å². The zero-order valence-corrected chi connectivity index (χ0v) is 27.8. The van der Waals surface area contributed by atoms with Gasteiger partial charge in [-0.05, 0) is 72.5 Å². The number of fused-ring (bicyclic) bond motifs is 1. The third-order valence-corrected chi connectivity index (χ3v) is 9.23. The van der Waals surface area contributed by atoms with Gasteiger partial charge in [0.1, 0.15) is 11.6 Å². The van der Waals surface area contributed by atoms with Gasteiger partial charge < -0.3 is 31.2 Å². The van der Waals surface area contributed by atoms with Crippen LogP contribution in [-0.2, 0) is 41.2 Å². The van der Waals surface area contributed by atoms with Crippen molar-refractivity contribution in [3.8, 4) is 5.75 Å². The smallest absolute Gasteiger partial charge is 0.491 e. The number of anilines is 3. The van der Waals surface area contributed by atoms with E-state index in [4.69, 9.17) is 26.8 Å². The number of benzene rings is 3. The first kappa shape index (κ1) is 36.7. The Bertz CT molecular complexity index is 2030. The van der Waals surface area contributed by atoms with Crippen molar-refractivity contribution in [1.29, 1.82) is 0 Å². The Labute approximate surface area is 284 Å². The van der Waals surface area contributed by atoms with E-state index in [2.05, 4.69) is 20.9 Å². The SMILES string of the molecule is CCOc1cc(C(Nc2ccc3c(N)nccc3c2)(OC(=O)C(F)(F)F)C(=O)NCc2cc(NC(C)=O)ccc2S(=O)(=O)CC)ccc1Cl. The van der Waals surface area contributed by atoms with Gasteiger partial charge >= 0.3 is 12.1 Å². The Morgan fingerprint density at radius 3 is 2.35 bits per heavy atom. The molecule has 0 aliphatic rings. The van der Waals surface area contributed by atoms with Crippen LogP contribution in [0, 0.1) is 0 Å². The number of amides is 2. The highest BCUT2D eigenvalue weighted by atomic mass is 35.5. The first-order valence-electron chi connectivity index (χ1n) is 14.6. The summed E-state index contributed by atoms with van der Waals surface area (Å²) in [4.78, 5) is 42.4. The van der Waals surface area contributed by atoms with Gasteiger partial charge in [0.2, 0.25) is 5.91 Å². The number of pyridine rings is 1. The van der Waals surface area contributed by atoms with E-state index in [1.165, 1.54) is 62.5 Å². The fourth-order valence-electron chi connectivity index (χ4n) is 4.82. The number of sulfone groups is 1. The van der Waals surface area contributed by atoms with Gasteiger partial charge in [-0.2, -0.15) is 13.2 Å². The molecule has 0 saturated carbocycles. The van der Waals surface area contributed by atoms with Crippen LogP contribution in [0.2, 0.25) is 5.02 Å². The fourth-order valence-corrected chi connectivity index (χ4v) is 6.11. The largest absolute Gasteiger partial charge is 0.492 e. The standard InChI is InChI=1S/C32H31ClF3N5O7S/c1-4-47-26-16-21(6-10-25(26)33)31(48-30(44)32(34,35)36,41-23-7-9-24-19(14-23)12-13-38-28(24)37)29(43)39-17-20-15-22(40-18(3)42)8-11-27(20)49(45,46)5-2/h6-16,41H,4-5,17H2,1-3H3,(H2,37,38)(H,39,43)(H,40,42). The van der Waals surface area contributed by atoms with Crippen LogP contribution in [0.3, 0.4) is 0 Å². The molecular formula is C32H31ClF3N5O7S. The van der Waals surface area contributed by atoms with E-state index in [0.717, 1.165) is 12.1 Å². The third kappa shape index (κ3) is 8.32. The number of esters is 1. The molecule has 1 heterocycles. The number of ether oxygens (including phenoxy) is 2. The number of halogens is 4. The van der Waals surface area contributed by atoms with Crippen LogP contribution >= 0.6 is 11.6 Å². The molecule has 1 atom stereocenters. The lowest BCUT2D eigenvalue weighted by atomic mass is 9.99. The first-order valence-corrected chi connectivity index (χ1v) is 16.6. The summed E-state index contributed by atoms with van der Waals surface area (Å²) in [6, 6.07) is 13.3. The number of nitrogens with one attached hydrogen (secondary N) is 3. The average molecular weight is 722 g/mol. The van der Waals surface area contributed by atoms with Crippen molar-refractivity contribution in [2.24, 2.45) is 0 Å². The molecular weight excluding hydrogens is 691 g/mol. The van der Waals surface area contributed by atoms with E-state index >= 15 is 0 Å². The van der Waals surface area contributed by atoms with Crippen LogP contribution in [0.4, 0.5) is 30.4 Å². The minimum Gasteiger partial charge on any atom is -0.492 e. The first-order chi connectivity index (χ1) is 23.0. The van der Waals surface area contributed by atoms with Crippen molar-refractivity contribution < 1.29 is 45.4 Å². The predicted octanol–water partition coefficient (Wildman–Crippen LogP) is 5.31. The maximum absolute atomic E-state index is 14.3. The summed E-state index contributed by atoms with van der Waals surface area (Å²) in [6.45, 7) is 3.73. The van der Waals surface area contributed by atoms with Crippen molar-refractivity contribution in [1.82, 2.24) is 10.3 Å². The van der Waals surface area contributed by atoms with Gasteiger partial charge in [-0.15, -0.1) is 0 Å². The van der Waals surface area contributed by atoms with Gasteiger partial charge in [-0.25, -0.2) is 18.2 Å². The zero-order chi connectivity index (χ0) is 36.1. The molecule has 5 N–H and O–H groups in total. The summed E-state index contributed by atoms with van der Waals surface area (Å²) in [6.07, 6.45) is -4.16. The molecule has 0 aliphatic heterocycles. The quantitative estimate of drug-likeness (QED) is 0.111. The highest BCUT2D eigenvalue weighted by molar-refractivity contribution is 7.91. The number of nitrogens with zero attached hydrogens (tertiary/aromatic N) is 1. The van der Waals surface area contributed by atoms with Crippen molar-refractivity contribution in [3.63, 3.8) is 0 Å². The lowest BCUT2D eigenvalue weighted by molar-refractivity contribution is -0.213. The molecule has 0 spiro atoms. The predicted molar refractivity (Wildman–Crippen MR) is 177 cm³/mol. The molecule has 0 fully saturated rings. The lowest BCUT2D eigenvalue weighted by Gasteiger charge is -2.34. The molecule has 1 aromatic heterocycles. The fraction of sp³-hybridized carbons (Fsp3) is 0.250. The minimum atomic E-state index is -5.55. The van der Waals surface area contributed by atoms with E-state index in [1.807, 2.05) is 0 Å². The van der Waals surface area contributed by atoms with Crippen LogP contribution in [0.5, 0.6) is 5.75 Å². The molecule has 49 heavy (non-hydrogen) atoms. The Kier molecular flexibility index (Phi) is 10.9. The molecule has 0 radical (unpaired) electrons. The van der Waals surface area contributed by atoms with Gasteiger partial charge in [0.15, 0.2) is 9.84 Å². The average Bonchev–Trinajstić information content (AvgIpc) is 3.03. The third-order valence-electron chi connectivity index (χ3n) is 7.09. The molecule has 4 rings (SSSR count).